The van der Waals surface area contributed by atoms with Crippen LogP contribution in [0.3, 0.4) is 0 Å². The molecule has 0 atom stereocenters. The van der Waals surface area contributed by atoms with Gasteiger partial charge in [0.15, 0.2) is 0 Å². The normalized spacial score (nSPS) is 9.43. The molecule has 1 aromatic heterocycles. The average Bonchev–Trinajstić information content (AvgIpc) is 2.20. The van der Waals surface area contributed by atoms with E-state index < -0.39 is 0 Å². The standard InChI is InChI=1S/C9H12N4S/c1-14-3-2-12-9-8(11)4-7(5-10)6-13-9/h4,6H,2-3,11H2,1H3,(H,12,13). The summed E-state index contributed by atoms with van der Waals surface area (Å²) in [5.41, 5.74) is 6.70. The first kappa shape index (κ1) is 10.7. The molecule has 14 heavy (non-hydrogen) atoms. The molecular formula is C9H12N4S. The number of rotatable bonds is 4. The minimum atomic E-state index is 0.484. The monoisotopic (exact) mass is 208 g/mol. The van der Waals surface area contributed by atoms with E-state index in [1.54, 1.807) is 17.8 Å². The maximum absolute atomic E-state index is 8.60. The molecule has 0 aliphatic carbocycles. The number of aromatic nitrogens is 1. The van der Waals surface area contributed by atoms with E-state index in [2.05, 4.69) is 10.3 Å². The highest BCUT2D eigenvalue weighted by Crippen LogP contribution is 2.15. The fourth-order valence-electron chi connectivity index (χ4n) is 0.962. The number of nitrogens with two attached hydrogens (primary N) is 1. The van der Waals surface area contributed by atoms with Crippen LogP contribution in [0.4, 0.5) is 11.5 Å². The second-order valence-electron chi connectivity index (χ2n) is 2.69. The Balaban J connectivity index is 2.65. The van der Waals surface area contributed by atoms with Gasteiger partial charge in [-0.1, -0.05) is 0 Å². The van der Waals surface area contributed by atoms with Gasteiger partial charge in [-0.05, 0) is 12.3 Å². The smallest absolute Gasteiger partial charge is 0.149 e. The lowest BCUT2D eigenvalue weighted by Gasteiger charge is -2.06. The lowest BCUT2D eigenvalue weighted by molar-refractivity contribution is 1.17. The van der Waals surface area contributed by atoms with Crippen LogP contribution in [0.25, 0.3) is 0 Å². The van der Waals surface area contributed by atoms with E-state index in [4.69, 9.17) is 11.0 Å². The van der Waals surface area contributed by atoms with Crippen LogP contribution in [0, 0.1) is 11.3 Å². The van der Waals surface area contributed by atoms with Crippen LogP contribution in [0.15, 0.2) is 12.3 Å². The molecule has 1 heterocycles. The van der Waals surface area contributed by atoms with Crippen molar-refractivity contribution in [3.63, 3.8) is 0 Å². The summed E-state index contributed by atoms with van der Waals surface area (Å²) < 4.78 is 0. The van der Waals surface area contributed by atoms with E-state index in [9.17, 15) is 0 Å². The number of pyridine rings is 1. The second kappa shape index (κ2) is 5.35. The zero-order chi connectivity index (χ0) is 10.4. The van der Waals surface area contributed by atoms with Crippen LogP contribution in [-0.4, -0.2) is 23.5 Å². The molecular weight excluding hydrogens is 196 g/mol. The maximum atomic E-state index is 8.60. The summed E-state index contributed by atoms with van der Waals surface area (Å²) in [6.07, 6.45) is 3.55. The van der Waals surface area contributed by atoms with Gasteiger partial charge in [0.05, 0.1) is 11.3 Å². The molecule has 0 amide bonds. The molecule has 0 unspecified atom stereocenters. The molecule has 0 saturated carbocycles. The summed E-state index contributed by atoms with van der Waals surface area (Å²) in [6, 6.07) is 3.61. The van der Waals surface area contributed by atoms with Gasteiger partial charge in [-0.3, -0.25) is 0 Å². The van der Waals surface area contributed by atoms with Crippen molar-refractivity contribution < 1.29 is 0 Å². The Morgan fingerprint density at radius 2 is 2.50 bits per heavy atom. The highest BCUT2D eigenvalue weighted by Gasteiger charge is 2.00. The van der Waals surface area contributed by atoms with Gasteiger partial charge in [0.25, 0.3) is 0 Å². The van der Waals surface area contributed by atoms with Crippen molar-refractivity contribution in [3.8, 4) is 6.07 Å². The molecule has 0 aliphatic rings. The van der Waals surface area contributed by atoms with Gasteiger partial charge in [-0.2, -0.15) is 17.0 Å². The zero-order valence-electron chi connectivity index (χ0n) is 7.95. The summed E-state index contributed by atoms with van der Waals surface area (Å²) in [7, 11) is 0. The summed E-state index contributed by atoms with van der Waals surface area (Å²) in [5.74, 6) is 1.65. The number of thioether (sulfide) groups is 1. The maximum Gasteiger partial charge on any atom is 0.149 e. The third-order valence-electron chi connectivity index (χ3n) is 1.64. The number of hydrogen-bond acceptors (Lipinski definition) is 5. The fraction of sp³-hybridized carbons (Fsp3) is 0.333. The van der Waals surface area contributed by atoms with Crippen LogP contribution in [-0.2, 0) is 0 Å². The van der Waals surface area contributed by atoms with E-state index in [1.165, 1.54) is 6.20 Å². The predicted octanol–water partition coefficient (Wildman–Crippen LogP) is 1.31. The Labute approximate surface area is 87.5 Å². The summed E-state index contributed by atoms with van der Waals surface area (Å²) in [6.45, 7) is 0.824. The molecule has 5 heteroatoms. The number of anilines is 2. The van der Waals surface area contributed by atoms with Gasteiger partial charge in [-0.25, -0.2) is 4.98 Å². The van der Waals surface area contributed by atoms with E-state index in [0.717, 1.165) is 12.3 Å². The SMILES string of the molecule is CSCCNc1ncc(C#N)cc1N. The minimum Gasteiger partial charge on any atom is -0.396 e. The van der Waals surface area contributed by atoms with Crippen LogP contribution >= 0.6 is 11.8 Å². The third-order valence-corrected chi connectivity index (χ3v) is 2.26. The molecule has 0 saturated heterocycles. The number of nitrogens with zero attached hydrogens (tertiary/aromatic N) is 2. The molecule has 4 nitrogen and oxygen atoms in total. The molecule has 0 aliphatic heterocycles. The lowest BCUT2D eigenvalue weighted by Crippen LogP contribution is -2.08. The predicted molar refractivity (Wildman–Crippen MR) is 60.2 cm³/mol. The quantitative estimate of drug-likeness (QED) is 0.730. The van der Waals surface area contributed by atoms with Crippen molar-refractivity contribution in [3.05, 3.63) is 17.8 Å². The Morgan fingerprint density at radius 1 is 1.71 bits per heavy atom. The van der Waals surface area contributed by atoms with Crippen LogP contribution in [0.1, 0.15) is 5.56 Å². The number of nitriles is 1. The van der Waals surface area contributed by atoms with Gasteiger partial charge >= 0.3 is 0 Å². The minimum absolute atomic E-state index is 0.484. The van der Waals surface area contributed by atoms with Gasteiger partial charge in [-0.15, -0.1) is 0 Å². The van der Waals surface area contributed by atoms with Crippen LogP contribution in [0.5, 0.6) is 0 Å². The Kier molecular flexibility index (Phi) is 4.08. The largest absolute Gasteiger partial charge is 0.396 e. The van der Waals surface area contributed by atoms with E-state index in [0.29, 0.717) is 17.1 Å². The van der Waals surface area contributed by atoms with Gasteiger partial charge in [0, 0.05) is 18.5 Å². The van der Waals surface area contributed by atoms with Gasteiger partial charge in [0.2, 0.25) is 0 Å². The van der Waals surface area contributed by atoms with Crippen molar-refractivity contribution in [2.75, 3.05) is 29.6 Å². The molecule has 74 valence electrons. The van der Waals surface area contributed by atoms with Gasteiger partial charge in [0.1, 0.15) is 11.9 Å². The third kappa shape index (κ3) is 2.82. The topological polar surface area (TPSA) is 74.7 Å². The van der Waals surface area contributed by atoms with E-state index in [1.807, 2.05) is 12.3 Å². The molecule has 1 aromatic rings. The summed E-state index contributed by atoms with van der Waals surface area (Å²) in [5, 5.41) is 11.7. The molecule has 0 spiro atoms. The van der Waals surface area contributed by atoms with Gasteiger partial charge < -0.3 is 11.1 Å². The first-order chi connectivity index (χ1) is 6.77. The number of nitrogen functional groups attached to an aromatic ring is 1. The van der Waals surface area contributed by atoms with Crippen LogP contribution < -0.4 is 11.1 Å². The van der Waals surface area contributed by atoms with Crippen LogP contribution in [0.2, 0.25) is 0 Å². The molecule has 1 rings (SSSR count). The second-order valence-corrected chi connectivity index (χ2v) is 3.68. The summed E-state index contributed by atoms with van der Waals surface area (Å²) >= 11 is 1.75. The Morgan fingerprint density at radius 3 is 3.07 bits per heavy atom. The highest BCUT2D eigenvalue weighted by atomic mass is 32.2. The molecule has 0 radical (unpaired) electrons. The van der Waals surface area contributed by atoms with Crippen molar-refractivity contribution in [1.82, 2.24) is 4.98 Å². The van der Waals surface area contributed by atoms with Crippen molar-refractivity contribution >= 4 is 23.3 Å². The van der Waals surface area contributed by atoms with E-state index in [-0.39, 0.29) is 0 Å². The van der Waals surface area contributed by atoms with E-state index >= 15 is 0 Å². The number of nitrogens with one attached hydrogen (secondary N) is 1. The molecule has 0 fully saturated rings. The first-order valence-corrected chi connectivity index (χ1v) is 5.55. The highest BCUT2D eigenvalue weighted by molar-refractivity contribution is 7.98. The molecule has 0 bridgehead atoms. The zero-order valence-corrected chi connectivity index (χ0v) is 8.77. The number of hydrogen-bond donors (Lipinski definition) is 2. The Bertz CT molecular complexity index is 345. The first-order valence-electron chi connectivity index (χ1n) is 4.16. The molecule has 0 aromatic carbocycles. The Hall–Kier alpha value is -1.41. The lowest BCUT2D eigenvalue weighted by atomic mass is 10.3. The van der Waals surface area contributed by atoms with Crippen molar-refractivity contribution in [2.24, 2.45) is 0 Å². The molecule has 3 N–H and O–H groups in total. The fourth-order valence-corrected chi connectivity index (χ4v) is 1.27. The van der Waals surface area contributed by atoms with Crippen molar-refractivity contribution in [1.29, 1.82) is 5.26 Å². The summed E-state index contributed by atoms with van der Waals surface area (Å²) in [4.78, 5) is 4.05. The average molecular weight is 208 g/mol. The van der Waals surface area contributed by atoms with Crippen molar-refractivity contribution in [2.45, 2.75) is 0 Å².